The molecule has 0 saturated heterocycles. The molecule has 2 aliphatic rings. The van der Waals surface area contributed by atoms with Crippen molar-refractivity contribution in [1.82, 2.24) is 0 Å². The van der Waals surface area contributed by atoms with Crippen molar-refractivity contribution in [3.8, 4) is 0 Å². The minimum atomic E-state index is 0.552. The average Bonchev–Trinajstić information content (AvgIpc) is 2.81. The van der Waals surface area contributed by atoms with Crippen LogP contribution in [0.3, 0.4) is 0 Å². The molecule has 0 heteroatoms. The van der Waals surface area contributed by atoms with Gasteiger partial charge in [0.25, 0.3) is 0 Å². The average molecular weight is 250 g/mol. The van der Waals surface area contributed by atoms with Crippen LogP contribution in [0.5, 0.6) is 0 Å². The molecule has 2 atom stereocenters. The summed E-state index contributed by atoms with van der Waals surface area (Å²) in [5.41, 5.74) is 0.552. The lowest BCUT2D eigenvalue weighted by molar-refractivity contribution is 0.236. The van der Waals surface area contributed by atoms with Gasteiger partial charge in [-0.2, -0.15) is 0 Å². The molecule has 0 spiro atoms. The van der Waals surface area contributed by atoms with E-state index >= 15 is 0 Å². The van der Waals surface area contributed by atoms with E-state index in [4.69, 9.17) is 0 Å². The third-order valence-electron chi connectivity index (χ3n) is 4.55. The summed E-state index contributed by atoms with van der Waals surface area (Å²) in [6, 6.07) is 0. The van der Waals surface area contributed by atoms with E-state index in [-0.39, 0.29) is 0 Å². The topological polar surface area (TPSA) is 0 Å². The lowest BCUT2D eigenvalue weighted by Gasteiger charge is -2.37. The Morgan fingerprint density at radius 1 is 1.28 bits per heavy atom. The van der Waals surface area contributed by atoms with Crippen LogP contribution in [0.25, 0.3) is 0 Å². The summed E-state index contributed by atoms with van der Waals surface area (Å²) < 4.78 is 0. The van der Waals surface area contributed by atoms with Crippen LogP contribution in [0, 0.1) is 17.3 Å². The Morgan fingerprint density at radius 2 is 1.78 bits per heavy atom. The normalized spacial score (nSPS) is 27.3. The quantitative estimate of drug-likeness (QED) is 0.509. The van der Waals surface area contributed by atoms with Gasteiger partial charge in [0.2, 0.25) is 0 Å². The molecule has 0 nitrogen and oxygen atoms in total. The van der Waals surface area contributed by atoms with E-state index < -0.39 is 0 Å². The van der Waals surface area contributed by atoms with E-state index in [0.717, 1.165) is 11.8 Å². The van der Waals surface area contributed by atoms with Crippen molar-refractivity contribution in [3.05, 3.63) is 25.3 Å². The van der Waals surface area contributed by atoms with Crippen molar-refractivity contribution in [3.63, 3.8) is 0 Å². The largest absolute Gasteiger partial charge is 0.106 e. The predicted octanol–water partition coefficient (Wildman–Crippen LogP) is 6.39. The molecule has 0 heterocycles. The van der Waals surface area contributed by atoms with Crippen LogP contribution in [0.1, 0.15) is 72.6 Å². The summed E-state index contributed by atoms with van der Waals surface area (Å²) in [5, 5.41) is 0. The fraction of sp³-hybridized carbons (Fsp3) is 0.778. The van der Waals surface area contributed by atoms with Crippen LogP contribution in [-0.4, -0.2) is 0 Å². The van der Waals surface area contributed by atoms with Crippen LogP contribution in [0.4, 0.5) is 0 Å². The zero-order valence-electron chi connectivity index (χ0n) is 13.2. The SMILES string of the molecule is C=C.CC1CCCC1.CCCC(C)C1(C)C=CC1. The number of rotatable bonds is 3. The molecule has 18 heavy (non-hydrogen) atoms. The van der Waals surface area contributed by atoms with E-state index in [1.54, 1.807) is 0 Å². The van der Waals surface area contributed by atoms with Crippen molar-refractivity contribution < 1.29 is 0 Å². The molecule has 0 aromatic carbocycles. The van der Waals surface area contributed by atoms with Crippen molar-refractivity contribution in [2.45, 2.75) is 72.6 Å². The Balaban J connectivity index is 0.000000308. The monoisotopic (exact) mass is 250 g/mol. The third-order valence-corrected chi connectivity index (χ3v) is 4.55. The zero-order valence-corrected chi connectivity index (χ0v) is 13.2. The van der Waals surface area contributed by atoms with Crippen LogP contribution < -0.4 is 0 Å². The lowest BCUT2D eigenvalue weighted by atomic mass is 9.68. The highest BCUT2D eigenvalue weighted by atomic mass is 14.4. The van der Waals surface area contributed by atoms with Gasteiger partial charge < -0.3 is 0 Å². The van der Waals surface area contributed by atoms with Gasteiger partial charge in [0, 0.05) is 0 Å². The van der Waals surface area contributed by atoms with Crippen LogP contribution >= 0.6 is 0 Å². The van der Waals surface area contributed by atoms with Crippen molar-refractivity contribution in [2.24, 2.45) is 17.3 Å². The molecule has 106 valence electrons. The third kappa shape index (κ3) is 5.89. The number of allylic oxidation sites excluding steroid dienone is 2. The highest BCUT2D eigenvalue weighted by Crippen LogP contribution is 2.41. The summed E-state index contributed by atoms with van der Waals surface area (Å²) in [4.78, 5) is 0. The van der Waals surface area contributed by atoms with E-state index in [0.29, 0.717) is 5.41 Å². The molecule has 0 bridgehead atoms. The minimum absolute atomic E-state index is 0.552. The summed E-state index contributed by atoms with van der Waals surface area (Å²) in [6.07, 6.45) is 14.6. The minimum Gasteiger partial charge on any atom is -0.106 e. The maximum atomic E-state index is 3.00. The van der Waals surface area contributed by atoms with Gasteiger partial charge in [0.15, 0.2) is 0 Å². The zero-order chi connectivity index (χ0) is 14.0. The lowest BCUT2D eigenvalue weighted by Crippen LogP contribution is -2.27. The van der Waals surface area contributed by atoms with Crippen LogP contribution in [0.2, 0.25) is 0 Å². The van der Waals surface area contributed by atoms with E-state index in [2.05, 4.69) is 53.0 Å². The Bertz CT molecular complexity index is 222. The first kappa shape index (κ1) is 17.5. The van der Waals surface area contributed by atoms with E-state index in [9.17, 15) is 0 Å². The first-order valence-electron chi connectivity index (χ1n) is 7.76. The maximum absolute atomic E-state index is 3.00. The molecule has 0 N–H and O–H groups in total. The molecular weight excluding hydrogens is 216 g/mol. The second kappa shape index (κ2) is 9.42. The molecular formula is C18H34. The van der Waals surface area contributed by atoms with Gasteiger partial charge in [-0.1, -0.05) is 78.4 Å². The van der Waals surface area contributed by atoms with Crippen LogP contribution in [0.15, 0.2) is 25.3 Å². The Labute approximate surface area is 116 Å². The highest BCUT2D eigenvalue weighted by molar-refractivity contribution is 5.12. The summed E-state index contributed by atoms with van der Waals surface area (Å²) in [5.74, 6) is 1.92. The Morgan fingerprint density at radius 3 is 2.00 bits per heavy atom. The molecule has 2 unspecified atom stereocenters. The molecule has 2 aliphatic carbocycles. The fourth-order valence-electron chi connectivity index (χ4n) is 2.75. The molecule has 0 radical (unpaired) electrons. The standard InChI is InChI=1S/C10H18.C6H12.C2H4/c1-4-6-9(2)10(3)7-5-8-10;1-6-4-2-3-5-6;1-2/h5,7,9H,4,6,8H2,1-3H3;6H,2-5H2,1H3;1-2H2. The van der Waals surface area contributed by atoms with Gasteiger partial charge in [-0.3, -0.25) is 0 Å². The van der Waals surface area contributed by atoms with Gasteiger partial charge in [-0.15, -0.1) is 13.2 Å². The first-order chi connectivity index (χ1) is 8.58. The van der Waals surface area contributed by atoms with Gasteiger partial charge in [-0.25, -0.2) is 0 Å². The van der Waals surface area contributed by atoms with Crippen molar-refractivity contribution >= 4 is 0 Å². The second-order valence-electron chi connectivity index (χ2n) is 6.19. The van der Waals surface area contributed by atoms with E-state index in [1.807, 2.05) is 0 Å². The Kier molecular flexibility index (Phi) is 9.14. The van der Waals surface area contributed by atoms with Crippen molar-refractivity contribution in [1.29, 1.82) is 0 Å². The van der Waals surface area contributed by atoms with Gasteiger partial charge >= 0.3 is 0 Å². The molecule has 0 amide bonds. The molecule has 2 rings (SSSR count). The fourth-order valence-corrected chi connectivity index (χ4v) is 2.75. The van der Waals surface area contributed by atoms with Gasteiger partial charge in [-0.05, 0) is 23.7 Å². The molecule has 1 fully saturated rings. The summed E-state index contributed by atoms with van der Waals surface area (Å²) >= 11 is 0. The summed E-state index contributed by atoms with van der Waals surface area (Å²) in [7, 11) is 0. The predicted molar refractivity (Wildman–Crippen MR) is 84.8 cm³/mol. The molecule has 1 saturated carbocycles. The Hall–Kier alpha value is -0.520. The number of hydrogen-bond acceptors (Lipinski definition) is 0. The molecule has 0 aromatic rings. The molecule has 0 aliphatic heterocycles. The van der Waals surface area contributed by atoms with Gasteiger partial charge in [0.1, 0.15) is 0 Å². The first-order valence-corrected chi connectivity index (χ1v) is 7.76. The second-order valence-corrected chi connectivity index (χ2v) is 6.19. The molecule has 0 aromatic heterocycles. The highest BCUT2D eigenvalue weighted by Gasteiger charge is 2.30. The number of hydrogen-bond donors (Lipinski definition) is 0. The van der Waals surface area contributed by atoms with Gasteiger partial charge in [0.05, 0.1) is 0 Å². The van der Waals surface area contributed by atoms with Crippen molar-refractivity contribution in [2.75, 3.05) is 0 Å². The smallest absolute Gasteiger partial charge is 0.00865 e. The summed E-state index contributed by atoms with van der Waals surface area (Å²) in [6.45, 7) is 15.3. The maximum Gasteiger partial charge on any atom is -0.00865 e. The van der Waals surface area contributed by atoms with E-state index in [1.165, 1.54) is 44.9 Å². The van der Waals surface area contributed by atoms with Crippen LogP contribution in [-0.2, 0) is 0 Å².